The zero-order chi connectivity index (χ0) is 43.9. The number of phenolic OH excluding ortho intramolecular Hbond substituents is 1. The number of aromatic carboxylic acids is 1. The molecule has 0 heterocycles. The molecule has 15 heteroatoms. The highest BCUT2D eigenvalue weighted by Crippen LogP contribution is 2.34. The number of methoxy groups -OCH3 is 1. The summed E-state index contributed by atoms with van der Waals surface area (Å²) in [6, 6.07) is 28.1. The van der Waals surface area contributed by atoms with Crippen LogP contribution in [0.4, 0.5) is 30.7 Å². The molecule has 6 aromatic carbocycles. The SMILES string of the molecule is CC(=O)[C@@H](Cc1ccc(-c2ccc(F)c(Cl)c2)cc1)NC(=O)c1cc(-c2ccc(C(F)(F)F)cc2)ccc1O.COc1ccc(-c2ccc(C(F)(F)F)cc2)cc1C(=O)O. The van der Waals surface area contributed by atoms with Gasteiger partial charge >= 0.3 is 18.3 Å². The predicted octanol–water partition coefficient (Wildman–Crippen LogP) is 11.5. The third-order valence-electron chi connectivity index (χ3n) is 9.20. The van der Waals surface area contributed by atoms with Gasteiger partial charge in [-0.3, -0.25) is 9.59 Å². The van der Waals surface area contributed by atoms with Gasteiger partial charge in [-0.15, -0.1) is 0 Å². The van der Waals surface area contributed by atoms with Crippen LogP contribution < -0.4 is 10.1 Å². The first-order valence-corrected chi connectivity index (χ1v) is 18.1. The summed E-state index contributed by atoms with van der Waals surface area (Å²) >= 11 is 5.86. The minimum absolute atomic E-state index is 0.00146. The van der Waals surface area contributed by atoms with Gasteiger partial charge in [-0.05, 0) is 113 Å². The minimum atomic E-state index is -4.48. The van der Waals surface area contributed by atoms with Crippen LogP contribution in [-0.4, -0.2) is 41.0 Å². The summed E-state index contributed by atoms with van der Waals surface area (Å²) in [6.45, 7) is 1.33. The number of rotatable bonds is 10. The predicted molar refractivity (Wildman–Crippen MR) is 211 cm³/mol. The summed E-state index contributed by atoms with van der Waals surface area (Å²) in [5.41, 5.74) is 2.36. The number of nitrogens with one attached hydrogen (secondary N) is 1. The third kappa shape index (κ3) is 11.1. The van der Waals surface area contributed by atoms with Gasteiger partial charge in [0, 0.05) is 0 Å². The first kappa shape index (κ1) is 44.4. The molecule has 0 unspecified atom stereocenters. The number of aromatic hydroxyl groups is 1. The van der Waals surface area contributed by atoms with Crippen molar-refractivity contribution < 1.29 is 60.1 Å². The van der Waals surface area contributed by atoms with Crippen LogP contribution in [0.5, 0.6) is 11.5 Å². The lowest BCUT2D eigenvalue weighted by molar-refractivity contribution is -0.138. The quantitative estimate of drug-likeness (QED) is 0.118. The number of carboxylic acids is 1. The zero-order valence-electron chi connectivity index (χ0n) is 31.5. The van der Waals surface area contributed by atoms with Crippen molar-refractivity contribution in [1.29, 1.82) is 0 Å². The molecule has 3 N–H and O–H groups in total. The molecule has 0 saturated carbocycles. The maximum absolute atomic E-state index is 13.5. The van der Waals surface area contributed by atoms with Crippen LogP contribution >= 0.6 is 11.6 Å². The van der Waals surface area contributed by atoms with E-state index in [4.69, 9.17) is 21.4 Å². The summed E-state index contributed by atoms with van der Waals surface area (Å²) in [4.78, 5) is 36.5. The van der Waals surface area contributed by atoms with Crippen LogP contribution in [0.25, 0.3) is 33.4 Å². The van der Waals surface area contributed by atoms with E-state index in [2.05, 4.69) is 5.32 Å². The molecule has 7 nitrogen and oxygen atoms in total. The van der Waals surface area contributed by atoms with Crippen LogP contribution in [0.3, 0.4) is 0 Å². The van der Waals surface area contributed by atoms with Crippen molar-refractivity contribution in [3.8, 4) is 44.9 Å². The number of hydrogen-bond acceptors (Lipinski definition) is 5. The number of ketones is 1. The Kier molecular flexibility index (Phi) is 13.7. The molecular weight excluding hydrogens is 819 g/mol. The fourth-order valence-corrected chi connectivity index (χ4v) is 6.11. The van der Waals surface area contributed by atoms with Gasteiger partial charge in [0.15, 0.2) is 5.78 Å². The number of hydrogen-bond donors (Lipinski definition) is 3. The maximum Gasteiger partial charge on any atom is 0.416 e. The van der Waals surface area contributed by atoms with Crippen molar-refractivity contribution in [2.24, 2.45) is 0 Å². The second-order valence-corrected chi connectivity index (χ2v) is 13.7. The number of Topliss-reactive ketones (excluding diaryl/α,β-unsaturated/α-hetero) is 1. The monoisotopic (exact) mass is 851 g/mol. The smallest absolute Gasteiger partial charge is 0.416 e. The summed E-state index contributed by atoms with van der Waals surface area (Å²) in [5, 5.41) is 22.0. The van der Waals surface area contributed by atoms with Crippen molar-refractivity contribution in [1.82, 2.24) is 5.32 Å². The summed E-state index contributed by atoms with van der Waals surface area (Å²) in [6.07, 6.45) is -8.70. The molecule has 0 aromatic heterocycles. The van der Waals surface area contributed by atoms with E-state index in [-0.39, 0.29) is 39.9 Å². The zero-order valence-corrected chi connectivity index (χ0v) is 32.2. The second kappa shape index (κ2) is 18.5. The fourth-order valence-electron chi connectivity index (χ4n) is 5.93. The number of ether oxygens (including phenoxy) is 1. The van der Waals surface area contributed by atoms with E-state index in [0.717, 1.165) is 35.4 Å². The molecule has 310 valence electrons. The van der Waals surface area contributed by atoms with Crippen molar-refractivity contribution in [2.45, 2.75) is 31.7 Å². The van der Waals surface area contributed by atoms with Gasteiger partial charge in [-0.1, -0.05) is 78.3 Å². The number of benzene rings is 6. The Morgan fingerprint density at radius 1 is 0.650 bits per heavy atom. The van der Waals surface area contributed by atoms with Crippen LogP contribution in [0, 0.1) is 5.82 Å². The number of carbonyl (C=O) groups excluding carboxylic acids is 2. The number of phenols is 1. The molecule has 0 bridgehead atoms. The largest absolute Gasteiger partial charge is 0.507 e. The van der Waals surface area contributed by atoms with Crippen molar-refractivity contribution in [2.75, 3.05) is 7.11 Å². The molecule has 6 rings (SSSR count). The van der Waals surface area contributed by atoms with E-state index >= 15 is 0 Å². The Morgan fingerprint density at radius 2 is 1.08 bits per heavy atom. The highest BCUT2D eigenvalue weighted by atomic mass is 35.5. The summed E-state index contributed by atoms with van der Waals surface area (Å²) < 4.78 is 94.5. The average Bonchev–Trinajstić information content (AvgIpc) is 3.21. The lowest BCUT2D eigenvalue weighted by atomic mass is 9.98. The molecule has 0 fully saturated rings. The number of carbonyl (C=O) groups is 3. The molecule has 1 atom stereocenters. The number of amides is 1. The molecule has 60 heavy (non-hydrogen) atoms. The number of alkyl halides is 6. The average molecular weight is 852 g/mol. The van der Waals surface area contributed by atoms with E-state index in [0.29, 0.717) is 27.8 Å². The van der Waals surface area contributed by atoms with Gasteiger partial charge in [0.05, 0.1) is 34.9 Å². The molecule has 1 amide bonds. The summed E-state index contributed by atoms with van der Waals surface area (Å²) in [5.74, 6) is -2.85. The lowest BCUT2D eigenvalue weighted by Gasteiger charge is -2.17. The highest BCUT2D eigenvalue weighted by molar-refractivity contribution is 6.31. The Hall–Kier alpha value is -6.67. The van der Waals surface area contributed by atoms with Gasteiger partial charge < -0.3 is 20.3 Å². The van der Waals surface area contributed by atoms with E-state index in [1.54, 1.807) is 36.4 Å². The van der Waals surface area contributed by atoms with Crippen LogP contribution in [0.15, 0.2) is 127 Å². The van der Waals surface area contributed by atoms with Gasteiger partial charge in [0.2, 0.25) is 0 Å². The highest BCUT2D eigenvalue weighted by Gasteiger charge is 2.31. The molecule has 0 saturated heterocycles. The number of carboxylic acid groups (broad SMARTS) is 1. The van der Waals surface area contributed by atoms with Gasteiger partial charge in [0.1, 0.15) is 22.9 Å². The lowest BCUT2D eigenvalue weighted by Crippen LogP contribution is -2.41. The summed E-state index contributed by atoms with van der Waals surface area (Å²) in [7, 11) is 1.35. The molecule has 0 aliphatic heterocycles. The van der Waals surface area contributed by atoms with Gasteiger partial charge in [-0.25, -0.2) is 9.18 Å². The van der Waals surface area contributed by atoms with Gasteiger partial charge in [-0.2, -0.15) is 26.3 Å². The maximum atomic E-state index is 13.5. The molecule has 0 aliphatic carbocycles. The van der Waals surface area contributed by atoms with Crippen molar-refractivity contribution >= 4 is 29.3 Å². The first-order valence-electron chi connectivity index (χ1n) is 17.7. The normalized spacial score (nSPS) is 11.8. The standard InChI is InChI=1S/C30H22ClF4NO3.C15H11F3O3/c1-17(37)27(14-18-2-4-19(5-3-18)22-8-12-26(32)25(31)16-22)36-29(39)24-15-21(9-13-28(24)38)20-6-10-23(11-7-20)30(33,34)35;1-21-13-7-4-10(8-12(13)14(19)20)9-2-5-11(6-3-9)15(16,17)18/h2-13,15-16,27,38H,14H2,1H3,(H,36,39);2-8H,1H3,(H,19,20)/t27-;/m1./s1. The Balaban J connectivity index is 0.000000274. The molecule has 0 spiro atoms. The molecule has 6 aromatic rings. The fraction of sp³-hybridized carbons (Fsp3) is 0.133. The van der Waals surface area contributed by atoms with Crippen molar-refractivity contribution in [3.05, 3.63) is 166 Å². The third-order valence-corrected chi connectivity index (χ3v) is 9.49. The first-order chi connectivity index (χ1) is 28.2. The molecule has 0 aliphatic rings. The van der Waals surface area contributed by atoms with Crippen LogP contribution in [-0.2, 0) is 23.6 Å². The van der Waals surface area contributed by atoms with E-state index in [1.807, 2.05) is 0 Å². The van der Waals surface area contributed by atoms with E-state index in [9.17, 15) is 50.2 Å². The van der Waals surface area contributed by atoms with Crippen LogP contribution in [0.1, 0.15) is 44.3 Å². The second-order valence-electron chi connectivity index (χ2n) is 13.3. The minimum Gasteiger partial charge on any atom is -0.507 e. The molecule has 0 radical (unpaired) electrons. The van der Waals surface area contributed by atoms with Gasteiger partial charge in [0.25, 0.3) is 5.91 Å². The van der Waals surface area contributed by atoms with Crippen LogP contribution in [0.2, 0.25) is 5.02 Å². The van der Waals surface area contributed by atoms with E-state index in [1.165, 1.54) is 80.8 Å². The molecular formula is C45H33ClF7NO6. The topological polar surface area (TPSA) is 113 Å². The Morgan fingerprint density at radius 3 is 1.53 bits per heavy atom. The Bertz CT molecular complexity index is 2500. The Labute approximate surface area is 343 Å². The van der Waals surface area contributed by atoms with Crippen molar-refractivity contribution in [3.63, 3.8) is 0 Å². The van der Waals surface area contributed by atoms with E-state index < -0.39 is 47.2 Å². The number of halogens is 8.